The van der Waals surface area contributed by atoms with Crippen LogP contribution in [0.5, 0.6) is 0 Å². The number of para-hydroxylation sites is 1. The summed E-state index contributed by atoms with van der Waals surface area (Å²) in [7, 11) is -5.36. The van der Waals surface area contributed by atoms with E-state index in [4.69, 9.17) is 20.6 Å². The average Bonchev–Trinajstić information content (AvgIpc) is 3.16. The average molecular weight is 543 g/mol. The Labute approximate surface area is 209 Å². The van der Waals surface area contributed by atoms with Crippen molar-refractivity contribution in [2.45, 2.75) is 18.9 Å². The fraction of sp³-hybridized carbons (Fsp3) is 0.364. The van der Waals surface area contributed by atoms with Crippen molar-refractivity contribution in [3.8, 4) is 0 Å². The van der Waals surface area contributed by atoms with Gasteiger partial charge < -0.3 is 16.0 Å². The van der Waals surface area contributed by atoms with Crippen molar-refractivity contribution in [2.75, 3.05) is 25.6 Å². The minimum Gasteiger partial charge on any atom is -0.344 e. The Bertz CT molecular complexity index is 1450. The minimum absolute atomic E-state index is 0.109. The van der Waals surface area contributed by atoms with Gasteiger partial charge in [0.1, 0.15) is 0 Å². The molecule has 0 radical (unpaired) electrons. The minimum atomic E-state index is -3.67. The number of imide groups is 1. The molecule has 0 fully saturated rings. The van der Waals surface area contributed by atoms with Crippen LogP contribution in [0.3, 0.4) is 0 Å². The van der Waals surface area contributed by atoms with Crippen LogP contribution < -0.4 is 11.5 Å². The third-order valence-electron chi connectivity index (χ3n) is 5.27. The highest BCUT2D eigenvalue weighted by Gasteiger charge is 2.37. The first kappa shape index (κ1) is 29.4. The molecule has 1 aromatic heterocycles. The number of carbonyl (C=O) groups excluding carboxylic acids is 2. The Balaban J connectivity index is 0.000000389. The van der Waals surface area contributed by atoms with E-state index in [1.54, 1.807) is 6.07 Å². The zero-order chi connectivity index (χ0) is 27.4. The van der Waals surface area contributed by atoms with E-state index in [1.807, 2.05) is 37.4 Å². The molecular weight excluding hydrogens is 512 g/mol. The van der Waals surface area contributed by atoms with Gasteiger partial charge in [-0.25, -0.2) is 0 Å². The van der Waals surface area contributed by atoms with Crippen LogP contribution in [0, 0.1) is 0 Å². The summed E-state index contributed by atoms with van der Waals surface area (Å²) >= 11 is 0. The van der Waals surface area contributed by atoms with Crippen LogP contribution in [0.4, 0.5) is 0 Å². The third-order valence-corrected chi connectivity index (χ3v) is 5.27. The summed E-state index contributed by atoms with van der Waals surface area (Å²) < 4.78 is 53.8. The highest BCUT2D eigenvalue weighted by atomic mass is 32.2. The molecule has 1 atom stereocenters. The number of fused-ring (bicyclic) bond motifs is 5. The molecule has 2 aromatic carbocycles. The van der Waals surface area contributed by atoms with E-state index in [9.17, 15) is 26.4 Å². The number of benzene rings is 2. The maximum Gasteiger partial charge on any atom is 0.262 e. The maximum absolute atomic E-state index is 13.1. The highest BCUT2D eigenvalue weighted by Crippen LogP contribution is 2.36. The molecule has 1 aliphatic heterocycles. The van der Waals surface area contributed by atoms with Crippen molar-refractivity contribution in [3.05, 3.63) is 47.5 Å². The number of rotatable bonds is 5. The maximum atomic E-state index is 13.1. The Morgan fingerprint density at radius 1 is 0.889 bits per heavy atom. The van der Waals surface area contributed by atoms with Crippen LogP contribution in [0.25, 0.3) is 21.8 Å². The summed E-state index contributed by atoms with van der Waals surface area (Å²) in [5.41, 5.74) is 14.5. The molecule has 0 saturated heterocycles. The lowest BCUT2D eigenvalue weighted by atomic mass is 10.0. The molecule has 2 amide bonds. The fourth-order valence-electron chi connectivity index (χ4n) is 3.88. The molecule has 0 aliphatic carbocycles. The van der Waals surface area contributed by atoms with Gasteiger partial charge in [-0.2, -0.15) is 16.8 Å². The molecule has 12 nitrogen and oxygen atoms in total. The summed E-state index contributed by atoms with van der Waals surface area (Å²) in [6.07, 6.45) is 2.66. The van der Waals surface area contributed by atoms with Crippen molar-refractivity contribution < 1.29 is 35.5 Å². The Morgan fingerprint density at radius 2 is 1.44 bits per heavy atom. The Kier molecular flexibility index (Phi) is 9.34. The number of nitrogens with two attached hydrogens (primary N) is 2. The number of hydrogen-bond donors (Lipinski definition) is 4. The monoisotopic (exact) mass is 542 g/mol. The van der Waals surface area contributed by atoms with Gasteiger partial charge in [-0.15, -0.1) is 0 Å². The SMILES string of the molecule is CS(=O)(=O)O.CS(=O)(=O)O.Cn1c2ccccc2c2c3c(ccc21)C(=O)N(CCC(N)CCN)C3=O. The second kappa shape index (κ2) is 11.5. The van der Waals surface area contributed by atoms with E-state index in [1.165, 1.54) is 4.90 Å². The molecule has 14 heteroatoms. The zero-order valence-corrected chi connectivity index (χ0v) is 21.7. The summed E-state index contributed by atoms with van der Waals surface area (Å²) in [6.45, 7) is 0.819. The molecule has 1 unspecified atom stereocenters. The van der Waals surface area contributed by atoms with E-state index < -0.39 is 20.2 Å². The van der Waals surface area contributed by atoms with Crippen molar-refractivity contribution in [1.29, 1.82) is 0 Å². The van der Waals surface area contributed by atoms with Crippen LogP contribution >= 0.6 is 0 Å². The summed E-state index contributed by atoms with van der Waals surface area (Å²) in [5.74, 6) is -0.466. The summed E-state index contributed by atoms with van der Waals surface area (Å²) in [6, 6.07) is 11.5. The van der Waals surface area contributed by atoms with Crippen molar-refractivity contribution >= 4 is 53.9 Å². The van der Waals surface area contributed by atoms with Gasteiger partial charge in [0.2, 0.25) is 0 Å². The van der Waals surface area contributed by atoms with Crippen molar-refractivity contribution in [3.63, 3.8) is 0 Å². The first-order chi connectivity index (χ1) is 16.5. The van der Waals surface area contributed by atoms with Crippen LogP contribution in [0.1, 0.15) is 33.6 Å². The predicted molar refractivity (Wildman–Crippen MR) is 137 cm³/mol. The van der Waals surface area contributed by atoms with E-state index in [-0.39, 0.29) is 17.9 Å². The van der Waals surface area contributed by atoms with E-state index in [2.05, 4.69) is 4.57 Å². The molecule has 0 spiro atoms. The van der Waals surface area contributed by atoms with Crippen molar-refractivity contribution in [1.82, 2.24) is 9.47 Å². The zero-order valence-electron chi connectivity index (χ0n) is 20.1. The number of aromatic nitrogens is 1. The highest BCUT2D eigenvalue weighted by molar-refractivity contribution is 7.85. The van der Waals surface area contributed by atoms with Gasteiger partial charge in [0.15, 0.2) is 0 Å². The van der Waals surface area contributed by atoms with Crippen LogP contribution in [-0.2, 0) is 27.3 Å². The third kappa shape index (κ3) is 7.56. The number of amides is 2. The van der Waals surface area contributed by atoms with Crippen molar-refractivity contribution in [2.24, 2.45) is 18.5 Å². The number of hydrogen-bond acceptors (Lipinski definition) is 8. The number of aryl methyl sites for hydroxylation is 1. The van der Waals surface area contributed by atoms with Gasteiger partial charge in [0.25, 0.3) is 32.1 Å². The Morgan fingerprint density at radius 3 is 2.00 bits per heavy atom. The molecule has 6 N–H and O–H groups in total. The lowest BCUT2D eigenvalue weighted by Crippen LogP contribution is -2.35. The molecule has 198 valence electrons. The molecule has 4 rings (SSSR count). The van der Waals surface area contributed by atoms with Gasteiger partial charge in [0.05, 0.1) is 23.6 Å². The number of carbonyl (C=O) groups is 2. The van der Waals surface area contributed by atoms with Gasteiger partial charge in [-0.3, -0.25) is 23.6 Å². The summed E-state index contributed by atoms with van der Waals surface area (Å²) in [4.78, 5) is 27.2. The molecule has 1 aliphatic rings. The molecule has 2 heterocycles. The number of nitrogens with zero attached hydrogens (tertiary/aromatic N) is 2. The lowest BCUT2D eigenvalue weighted by molar-refractivity contribution is 0.0650. The van der Waals surface area contributed by atoms with Gasteiger partial charge in [-0.05, 0) is 37.6 Å². The molecule has 3 aromatic rings. The summed E-state index contributed by atoms with van der Waals surface area (Å²) in [5, 5.41) is 1.84. The van der Waals surface area contributed by atoms with E-state index >= 15 is 0 Å². The predicted octanol–water partition coefficient (Wildman–Crippen LogP) is 1.00. The molecular formula is C22H30N4O8S2. The van der Waals surface area contributed by atoms with Crippen LogP contribution in [0.2, 0.25) is 0 Å². The van der Waals surface area contributed by atoms with Gasteiger partial charge in [0, 0.05) is 41.4 Å². The topological polar surface area (TPSA) is 203 Å². The lowest BCUT2D eigenvalue weighted by Gasteiger charge is -2.16. The van der Waals surface area contributed by atoms with Gasteiger partial charge in [-0.1, -0.05) is 18.2 Å². The molecule has 0 bridgehead atoms. The molecule has 0 saturated carbocycles. The van der Waals surface area contributed by atoms with Gasteiger partial charge >= 0.3 is 0 Å². The smallest absolute Gasteiger partial charge is 0.262 e. The Hall–Kier alpha value is -2.88. The van der Waals surface area contributed by atoms with E-state index in [0.717, 1.165) is 21.8 Å². The fourth-order valence-corrected chi connectivity index (χ4v) is 3.88. The largest absolute Gasteiger partial charge is 0.344 e. The quantitative estimate of drug-likeness (QED) is 0.266. The second-order valence-electron chi connectivity index (χ2n) is 8.31. The normalized spacial score (nSPS) is 14.2. The van der Waals surface area contributed by atoms with E-state index in [0.29, 0.717) is 49.6 Å². The second-order valence-corrected chi connectivity index (χ2v) is 11.2. The standard InChI is InChI=1S/C20H22N4O2.2CH4O3S/c1-23-15-5-3-2-4-13(15)17-16(23)7-6-14-18(17)20(26)24(19(14)25)11-9-12(22)8-10-21;2*1-5(2,3)4/h2-7,12H,8-11,21-22H2,1H3;2*1H3,(H,2,3,4). The van der Waals surface area contributed by atoms with Crippen LogP contribution in [-0.4, -0.2) is 78.9 Å². The molecule has 36 heavy (non-hydrogen) atoms. The first-order valence-electron chi connectivity index (χ1n) is 10.7. The first-order valence-corrected chi connectivity index (χ1v) is 14.4. The van der Waals surface area contributed by atoms with Crippen LogP contribution in [0.15, 0.2) is 36.4 Å².